The van der Waals surface area contributed by atoms with Gasteiger partial charge in [0.1, 0.15) is 0 Å². The maximum Gasteiger partial charge on any atom is 0.0594 e. The summed E-state index contributed by atoms with van der Waals surface area (Å²) >= 11 is 2.00. The second kappa shape index (κ2) is 6.94. The molecule has 3 rings (SSSR count). The molecule has 4 heteroatoms. The largest absolute Gasteiger partial charge is 0.379 e. The van der Waals surface area contributed by atoms with Gasteiger partial charge < -0.3 is 4.74 Å². The maximum atomic E-state index is 5.41. The summed E-state index contributed by atoms with van der Waals surface area (Å²) in [6, 6.07) is 9.49. The van der Waals surface area contributed by atoms with Gasteiger partial charge in [-0.25, -0.2) is 0 Å². The van der Waals surface area contributed by atoms with Gasteiger partial charge in [0.15, 0.2) is 0 Å². The lowest BCUT2D eigenvalue weighted by atomic mass is 10.0. The molecule has 1 atom stereocenters. The van der Waals surface area contributed by atoms with Crippen LogP contribution in [0, 0.1) is 0 Å². The van der Waals surface area contributed by atoms with E-state index in [-0.39, 0.29) is 0 Å². The van der Waals surface area contributed by atoms with Crippen molar-refractivity contribution >= 4 is 11.8 Å². The van der Waals surface area contributed by atoms with Crippen LogP contribution in [0.5, 0.6) is 0 Å². The average Bonchev–Trinajstić information content (AvgIpc) is 2.53. The van der Waals surface area contributed by atoms with Crippen molar-refractivity contribution in [1.82, 2.24) is 9.80 Å². The number of rotatable bonds is 4. The van der Waals surface area contributed by atoms with Crippen LogP contribution in [0.3, 0.4) is 0 Å². The normalized spacial score (nSPS) is 23.8. The molecule has 0 spiro atoms. The summed E-state index contributed by atoms with van der Waals surface area (Å²) in [5, 5.41) is 0. The van der Waals surface area contributed by atoms with Crippen molar-refractivity contribution in [3.8, 4) is 0 Å². The SMILES string of the molecule is CN(CCN1CCOCC1)C1CCSc2ccccc21. The van der Waals surface area contributed by atoms with E-state index in [0.717, 1.165) is 39.4 Å². The molecular formula is C16H24N2OS. The highest BCUT2D eigenvalue weighted by atomic mass is 32.2. The second-order valence-electron chi connectivity index (χ2n) is 5.63. The van der Waals surface area contributed by atoms with Crippen LogP contribution >= 0.6 is 11.8 Å². The lowest BCUT2D eigenvalue weighted by Crippen LogP contribution is -2.41. The lowest BCUT2D eigenvalue weighted by molar-refractivity contribution is 0.0323. The van der Waals surface area contributed by atoms with E-state index in [1.807, 2.05) is 11.8 Å². The topological polar surface area (TPSA) is 15.7 Å². The van der Waals surface area contributed by atoms with Gasteiger partial charge in [0, 0.05) is 37.1 Å². The number of fused-ring (bicyclic) bond motifs is 1. The summed E-state index contributed by atoms with van der Waals surface area (Å²) in [4.78, 5) is 6.53. The van der Waals surface area contributed by atoms with Crippen molar-refractivity contribution in [2.45, 2.75) is 17.4 Å². The average molecular weight is 292 g/mol. The van der Waals surface area contributed by atoms with Crippen molar-refractivity contribution in [3.63, 3.8) is 0 Å². The highest BCUT2D eigenvalue weighted by molar-refractivity contribution is 7.99. The third kappa shape index (κ3) is 3.37. The van der Waals surface area contributed by atoms with Crippen LogP contribution in [0.25, 0.3) is 0 Å². The van der Waals surface area contributed by atoms with E-state index in [1.54, 1.807) is 0 Å². The second-order valence-corrected chi connectivity index (χ2v) is 6.76. The van der Waals surface area contributed by atoms with Crippen molar-refractivity contribution in [2.24, 2.45) is 0 Å². The fourth-order valence-corrected chi connectivity index (χ4v) is 4.17. The van der Waals surface area contributed by atoms with Crippen molar-refractivity contribution in [1.29, 1.82) is 0 Å². The highest BCUT2D eigenvalue weighted by Crippen LogP contribution is 2.38. The Morgan fingerprint density at radius 2 is 2.10 bits per heavy atom. The van der Waals surface area contributed by atoms with E-state index < -0.39 is 0 Å². The number of morpholine rings is 1. The molecule has 2 heterocycles. The Hall–Kier alpha value is -0.550. The van der Waals surface area contributed by atoms with Crippen LogP contribution in [0.15, 0.2) is 29.2 Å². The van der Waals surface area contributed by atoms with Crippen LogP contribution in [0.2, 0.25) is 0 Å². The molecule has 0 aliphatic carbocycles. The van der Waals surface area contributed by atoms with E-state index in [9.17, 15) is 0 Å². The minimum atomic E-state index is 0.591. The Morgan fingerprint density at radius 3 is 2.95 bits per heavy atom. The molecule has 0 radical (unpaired) electrons. The van der Waals surface area contributed by atoms with Gasteiger partial charge in [-0.05, 0) is 30.9 Å². The predicted octanol–water partition coefficient (Wildman–Crippen LogP) is 2.49. The summed E-state index contributed by atoms with van der Waals surface area (Å²) in [6.45, 7) is 6.27. The first-order chi connectivity index (χ1) is 9.84. The van der Waals surface area contributed by atoms with Gasteiger partial charge in [0.05, 0.1) is 13.2 Å². The molecule has 0 aromatic heterocycles. The number of thioether (sulfide) groups is 1. The summed E-state index contributed by atoms with van der Waals surface area (Å²) < 4.78 is 5.41. The number of ether oxygens (including phenoxy) is 1. The van der Waals surface area contributed by atoms with Crippen LogP contribution in [0.4, 0.5) is 0 Å². The molecule has 3 nitrogen and oxygen atoms in total. The van der Waals surface area contributed by atoms with Crippen LogP contribution in [0.1, 0.15) is 18.0 Å². The number of likely N-dealkylation sites (N-methyl/N-ethyl adjacent to an activating group) is 1. The van der Waals surface area contributed by atoms with Gasteiger partial charge in [0.2, 0.25) is 0 Å². The van der Waals surface area contributed by atoms with Gasteiger partial charge >= 0.3 is 0 Å². The first-order valence-corrected chi connectivity index (χ1v) is 8.55. The molecule has 0 saturated carbocycles. The first kappa shape index (κ1) is 14.4. The monoisotopic (exact) mass is 292 g/mol. The first-order valence-electron chi connectivity index (χ1n) is 7.56. The molecule has 1 aromatic rings. The van der Waals surface area contributed by atoms with Crippen LogP contribution < -0.4 is 0 Å². The highest BCUT2D eigenvalue weighted by Gasteiger charge is 2.24. The molecule has 1 fully saturated rings. The third-order valence-corrected chi connectivity index (χ3v) is 5.45. The number of nitrogens with zero attached hydrogens (tertiary/aromatic N) is 2. The molecule has 1 saturated heterocycles. The summed E-state index contributed by atoms with van der Waals surface area (Å²) in [5.41, 5.74) is 1.52. The number of benzene rings is 1. The molecule has 0 bridgehead atoms. The smallest absolute Gasteiger partial charge is 0.0594 e. The summed E-state index contributed by atoms with van der Waals surface area (Å²) in [5.74, 6) is 1.24. The van der Waals surface area contributed by atoms with Crippen molar-refractivity contribution in [3.05, 3.63) is 29.8 Å². The fourth-order valence-electron chi connectivity index (χ4n) is 3.06. The fraction of sp³-hybridized carbons (Fsp3) is 0.625. The molecular weight excluding hydrogens is 268 g/mol. The van der Waals surface area contributed by atoms with Gasteiger partial charge in [0.25, 0.3) is 0 Å². The minimum Gasteiger partial charge on any atom is -0.379 e. The lowest BCUT2D eigenvalue weighted by Gasteiger charge is -2.35. The molecule has 110 valence electrons. The van der Waals surface area contributed by atoms with Crippen molar-refractivity contribution < 1.29 is 4.74 Å². The molecule has 20 heavy (non-hydrogen) atoms. The zero-order valence-corrected chi connectivity index (χ0v) is 13.1. The number of hydrogen-bond acceptors (Lipinski definition) is 4. The van der Waals surface area contributed by atoms with Gasteiger partial charge in [-0.15, -0.1) is 11.8 Å². The molecule has 1 aromatic carbocycles. The van der Waals surface area contributed by atoms with Crippen molar-refractivity contribution in [2.75, 3.05) is 52.2 Å². The zero-order valence-electron chi connectivity index (χ0n) is 12.3. The van der Waals surface area contributed by atoms with E-state index in [4.69, 9.17) is 4.74 Å². The van der Waals surface area contributed by atoms with E-state index in [2.05, 4.69) is 41.1 Å². The summed E-state index contributed by atoms with van der Waals surface area (Å²) in [7, 11) is 2.28. The van der Waals surface area contributed by atoms with E-state index >= 15 is 0 Å². The Morgan fingerprint density at radius 1 is 1.30 bits per heavy atom. The zero-order chi connectivity index (χ0) is 13.8. The Labute approximate surface area is 126 Å². The molecule has 1 unspecified atom stereocenters. The predicted molar refractivity (Wildman–Crippen MR) is 84.4 cm³/mol. The quantitative estimate of drug-likeness (QED) is 0.847. The third-order valence-electron chi connectivity index (χ3n) is 4.33. The van der Waals surface area contributed by atoms with E-state index in [1.165, 1.54) is 22.6 Å². The van der Waals surface area contributed by atoms with Crippen LogP contribution in [-0.2, 0) is 4.74 Å². The molecule has 2 aliphatic rings. The van der Waals surface area contributed by atoms with Crippen LogP contribution in [-0.4, -0.2) is 62.0 Å². The Kier molecular flexibility index (Phi) is 4.99. The Balaban J connectivity index is 1.58. The minimum absolute atomic E-state index is 0.591. The maximum absolute atomic E-state index is 5.41. The number of hydrogen-bond donors (Lipinski definition) is 0. The standard InChI is InChI=1S/C16H24N2OS/c1-17(7-8-18-9-11-19-12-10-18)15-6-13-20-16-5-3-2-4-14(15)16/h2-5,15H,6-13H2,1H3. The summed E-state index contributed by atoms with van der Waals surface area (Å²) in [6.07, 6.45) is 1.27. The van der Waals surface area contributed by atoms with Gasteiger partial charge in [-0.2, -0.15) is 0 Å². The Bertz CT molecular complexity index is 434. The molecule has 2 aliphatic heterocycles. The van der Waals surface area contributed by atoms with Gasteiger partial charge in [-0.1, -0.05) is 18.2 Å². The molecule has 0 amide bonds. The van der Waals surface area contributed by atoms with Gasteiger partial charge in [-0.3, -0.25) is 9.80 Å². The molecule has 0 N–H and O–H groups in total. The van der Waals surface area contributed by atoms with E-state index in [0.29, 0.717) is 6.04 Å².